The molecule has 2 unspecified atom stereocenters. The quantitative estimate of drug-likeness (QED) is 0.188. The molecular formula is C44H80O4Si2. The lowest BCUT2D eigenvalue weighted by Crippen LogP contribution is -2.49. The lowest BCUT2D eigenvalue weighted by atomic mass is 9.60. The molecule has 4 rings (SSSR count). The molecule has 0 N–H and O–H groups in total. The third-order valence-corrected chi connectivity index (χ3v) is 23.5. The Bertz CT molecular complexity index is 1210. The number of allylic oxidation sites excluding steroid dienone is 3. The first-order valence-electron chi connectivity index (χ1n) is 20.7. The lowest BCUT2D eigenvalue weighted by molar-refractivity contribution is -0.217. The second-order valence-corrected chi connectivity index (χ2v) is 30.4. The van der Waals surface area contributed by atoms with E-state index in [9.17, 15) is 0 Å². The monoisotopic (exact) mass is 729 g/mol. The largest absolute Gasteiger partial charge is 0.413 e. The Morgan fingerprint density at radius 3 is 2.18 bits per heavy atom. The molecule has 0 aromatic carbocycles. The molecule has 0 aromatic rings. The molecule has 0 amide bonds. The fraction of sp³-hybridized carbons (Fsp3) is 0.864. The Hall–Kier alpha value is -0.506. The highest BCUT2D eigenvalue weighted by molar-refractivity contribution is 6.74. The Kier molecular flexibility index (Phi) is 13.6. The van der Waals surface area contributed by atoms with E-state index in [1.807, 2.05) is 0 Å². The Morgan fingerprint density at radius 1 is 0.900 bits per heavy atom. The van der Waals surface area contributed by atoms with Gasteiger partial charge in [0.2, 0.25) is 0 Å². The Labute approximate surface area is 312 Å². The van der Waals surface area contributed by atoms with Crippen molar-refractivity contribution in [3.63, 3.8) is 0 Å². The number of rotatable bonds is 12. The van der Waals surface area contributed by atoms with E-state index in [1.165, 1.54) is 68.9 Å². The fourth-order valence-electron chi connectivity index (χ4n) is 9.25. The number of fused-ring (bicyclic) bond motifs is 1. The van der Waals surface area contributed by atoms with Crippen molar-refractivity contribution in [2.45, 2.75) is 213 Å². The second-order valence-electron chi connectivity index (χ2n) is 20.9. The van der Waals surface area contributed by atoms with Gasteiger partial charge in [-0.15, -0.1) is 0 Å². The smallest absolute Gasteiger partial charge is 0.192 e. The summed E-state index contributed by atoms with van der Waals surface area (Å²) >= 11 is 0. The van der Waals surface area contributed by atoms with Crippen LogP contribution in [0.4, 0.5) is 0 Å². The summed E-state index contributed by atoms with van der Waals surface area (Å²) in [7, 11) is -3.91. The maximum Gasteiger partial charge on any atom is 0.192 e. The highest BCUT2D eigenvalue weighted by atomic mass is 28.4. The Balaban J connectivity index is 1.47. The van der Waals surface area contributed by atoms with Crippen molar-refractivity contribution in [3.8, 4) is 0 Å². The van der Waals surface area contributed by atoms with E-state index in [-0.39, 0.29) is 34.2 Å². The molecule has 4 aliphatic rings. The van der Waals surface area contributed by atoms with Gasteiger partial charge in [0.15, 0.2) is 22.9 Å². The van der Waals surface area contributed by atoms with Crippen molar-refractivity contribution in [2.24, 2.45) is 23.2 Å². The fourth-order valence-corrected chi connectivity index (χ4v) is 11.9. The SMILES string of the molecule is C=C1/C(=C\C=C2\CCCC3(C)[C@@H]([C@H](C)CCCC(C)(C)OC4CCCCO4)CC[C@@H]23)C[C@@H](O[Si](C)(C)C(C)(C)C)C[C@@H]1O[Si](C)(C)C(C)(C)C. The molecule has 288 valence electrons. The zero-order chi connectivity index (χ0) is 37.3. The van der Waals surface area contributed by atoms with Crippen LogP contribution in [0.3, 0.4) is 0 Å². The molecule has 6 heteroatoms. The van der Waals surface area contributed by atoms with Gasteiger partial charge in [-0.1, -0.05) is 92.5 Å². The lowest BCUT2D eigenvalue weighted by Gasteiger charge is -2.46. The topological polar surface area (TPSA) is 36.9 Å². The summed E-state index contributed by atoms with van der Waals surface area (Å²) in [5, 5.41) is 0.336. The number of ether oxygens (including phenoxy) is 2. The van der Waals surface area contributed by atoms with Crippen LogP contribution in [0, 0.1) is 23.2 Å². The van der Waals surface area contributed by atoms with Crippen molar-refractivity contribution in [3.05, 3.63) is 35.5 Å². The molecule has 1 aliphatic heterocycles. The van der Waals surface area contributed by atoms with E-state index < -0.39 is 16.6 Å². The summed E-state index contributed by atoms with van der Waals surface area (Å²) in [4.78, 5) is 0. The van der Waals surface area contributed by atoms with Gasteiger partial charge in [0, 0.05) is 13.0 Å². The highest BCUT2D eigenvalue weighted by Gasteiger charge is 2.51. The average Bonchev–Trinajstić information content (AvgIpc) is 3.34. The predicted molar refractivity (Wildman–Crippen MR) is 219 cm³/mol. The van der Waals surface area contributed by atoms with E-state index in [0.29, 0.717) is 11.3 Å². The van der Waals surface area contributed by atoms with Crippen molar-refractivity contribution >= 4 is 16.6 Å². The van der Waals surface area contributed by atoms with Crippen LogP contribution in [0.15, 0.2) is 35.5 Å². The molecule has 50 heavy (non-hydrogen) atoms. The van der Waals surface area contributed by atoms with E-state index in [2.05, 4.69) is 108 Å². The molecule has 1 heterocycles. The van der Waals surface area contributed by atoms with Gasteiger partial charge in [-0.3, -0.25) is 0 Å². The maximum atomic E-state index is 7.12. The van der Waals surface area contributed by atoms with Crippen LogP contribution >= 0.6 is 0 Å². The molecule has 0 bridgehead atoms. The third-order valence-electron chi connectivity index (χ3n) is 14.5. The summed E-state index contributed by atoms with van der Waals surface area (Å²) in [6.45, 7) is 38.9. The van der Waals surface area contributed by atoms with Crippen molar-refractivity contribution in [2.75, 3.05) is 6.61 Å². The first-order valence-corrected chi connectivity index (χ1v) is 26.5. The minimum absolute atomic E-state index is 0.00920. The molecule has 3 aliphatic carbocycles. The van der Waals surface area contributed by atoms with Crippen molar-refractivity contribution in [1.82, 2.24) is 0 Å². The van der Waals surface area contributed by atoms with E-state index >= 15 is 0 Å². The van der Waals surface area contributed by atoms with Crippen LogP contribution < -0.4 is 0 Å². The maximum absolute atomic E-state index is 7.12. The predicted octanol–water partition coefficient (Wildman–Crippen LogP) is 13.3. The summed E-state index contributed by atoms with van der Waals surface area (Å²) < 4.78 is 26.6. The van der Waals surface area contributed by atoms with Crippen LogP contribution in [0.2, 0.25) is 36.3 Å². The van der Waals surface area contributed by atoms with Gasteiger partial charge in [0.25, 0.3) is 0 Å². The second kappa shape index (κ2) is 16.1. The molecule has 4 fully saturated rings. The molecule has 7 atom stereocenters. The summed E-state index contributed by atoms with van der Waals surface area (Å²) in [6, 6.07) is 0. The van der Waals surface area contributed by atoms with Crippen LogP contribution in [0.1, 0.15) is 153 Å². The third kappa shape index (κ3) is 10.2. The van der Waals surface area contributed by atoms with Crippen LogP contribution in [-0.2, 0) is 18.3 Å². The highest BCUT2D eigenvalue weighted by Crippen LogP contribution is 2.60. The zero-order valence-corrected chi connectivity index (χ0v) is 37.4. The van der Waals surface area contributed by atoms with Gasteiger partial charge in [0.1, 0.15) is 0 Å². The summed E-state index contributed by atoms with van der Waals surface area (Å²) in [5.74, 6) is 2.23. The molecule has 3 saturated carbocycles. The van der Waals surface area contributed by atoms with Crippen molar-refractivity contribution < 1.29 is 18.3 Å². The number of hydrogen-bond acceptors (Lipinski definition) is 4. The summed E-state index contributed by atoms with van der Waals surface area (Å²) in [5.41, 5.74) is 4.51. The Morgan fingerprint density at radius 2 is 1.56 bits per heavy atom. The van der Waals surface area contributed by atoms with Gasteiger partial charge >= 0.3 is 0 Å². The van der Waals surface area contributed by atoms with E-state index in [1.54, 1.807) is 5.57 Å². The molecule has 1 saturated heterocycles. The molecular weight excluding hydrogens is 649 g/mol. The minimum atomic E-state index is -1.98. The van der Waals surface area contributed by atoms with Gasteiger partial charge < -0.3 is 18.3 Å². The van der Waals surface area contributed by atoms with Gasteiger partial charge in [-0.25, -0.2) is 0 Å². The zero-order valence-electron chi connectivity index (χ0n) is 35.4. The average molecular weight is 729 g/mol. The molecule has 0 spiro atoms. The summed E-state index contributed by atoms with van der Waals surface area (Å²) in [6.07, 6.45) is 20.7. The van der Waals surface area contributed by atoms with Crippen LogP contribution in [0.5, 0.6) is 0 Å². The first kappa shape index (κ1) is 42.2. The van der Waals surface area contributed by atoms with Crippen LogP contribution in [0.25, 0.3) is 0 Å². The van der Waals surface area contributed by atoms with Gasteiger partial charge in [-0.05, 0) is 149 Å². The normalized spacial score (nSPS) is 32.8. The number of hydrogen-bond donors (Lipinski definition) is 0. The van der Waals surface area contributed by atoms with Crippen molar-refractivity contribution in [1.29, 1.82) is 0 Å². The molecule has 4 nitrogen and oxygen atoms in total. The van der Waals surface area contributed by atoms with E-state index in [0.717, 1.165) is 44.1 Å². The van der Waals surface area contributed by atoms with Crippen LogP contribution in [-0.4, -0.2) is 47.3 Å². The molecule has 0 aromatic heterocycles. The molecule has 0 radical (unpaired) electrons. The standard InChI is InChI=1S/C44H80O4Si2/c1-32(20-18-27-43(9,10)46-40-22-16-17-29-45-40)37-25-26-38-34(21-19-28-44(37,38)11)23-24-35-30-36(47-49(12,13)41(3,4)5)31-39(33(35)2)48-50(14,15)42(6,7)8/h23-24,32,36-40H,2,16-22,25-31H2,1,3-15H3/b34-23-,35-24-/t32-,36-,37-,38+,39+,40?,44?/m1/s1. The van der Waals surface area contributed by atoms with Gasteiger partial charge in [-0.2, -0.15) is 0 Å². The van der Waals surface area contributed by atoms with Gasteiger partial charge in [0.05, 0.1) is 17.8 Å². The van der Waals surface area contributed by atoms with E-state index in [4.69, 9.17) is 24.9 Å². The minimum Gasteiger partial charge on any atom is -0.413 e. The first-order chi connectivity index (χ1) is 23.0.